The smallest absolute Gasteiger partial charge is 0.263 e. The van der Waals surface area contributed by atoms with Crippen molar-refractivity contribution < 1.29 is 17.2 Å². The highest BCUT2D eigenvalue weighted by Crippen LogP contribution is 2.32. The lowest BCUT2D eigenvalue weighted by atomic mass is 10.1. The number of halogens is 2. The Kier molecular flexibility index (Phi) is 5.49. The number of H-pyrrole nitrogens is 1. The van der Waals surface area contributed by atoms with E-state index in [1.807, 2.05) is 42.2 Å². The van der Waals surface area contributed by atoms with Gasteiger partial charge in [0.15, 0.2) is 0 Å². The molecule has 1 unspecified atom stereocenters. The third kappa shape index (κ3) is 4.04. The average Bonchev–Trinajstić information content (AvgIpc) is 3.54. The lowest BCUT2D eigenvalue weighted by Crippen LogP contribution is -2.34. The molecule has 1 aliphatic heterocycles. The molecule has 5 rings (SSSR count). The maximum Gasteiger partial charge on any atom is 0.263 e. The Hall–Kier alpha value is -3.11. The third-order valence-electron chi connectivity index (χ3n) is 6.23. The van der Waals surface area contributed by atoms with Crippen LogP contribution in [-0.2, 0) is 16.6 Å². The molecule has 0 bridgehead atoms. The number of sulfonamides is 1. The topological polar surface area (TPSA) is 83.9 Å². The molecule has 2 atom stereocenters. The van der Waals surface area contributed by atoms with Crippen LogP contribution in [0.2, 0.25) is 0 Å². The van der Waals surface area contributed by atoms with E-state index in [9.17, 15) is 17.2 Å². The zero-order valence-corrected chi connectivity index (χ0v) is 18.7. The highest BCUT2D eigenvalue weighted by Gasteiger charge is 2.38. The minimum Gasteiger partial charge on any atom is -0.285 e. The van der Waals surface area contributed by atoms with Gasteiger partial charge in [0.2, 0.25) is 10.0 Å². The van der Waals surface area contributed by atoms with Crippen molar-refractivity contribution in [2.75, 3.05) is 6.54 Å². The molecule has 1 fully saturated rings. The molecule has 0 saturated carbocycles. The van der Waals surface area contributed by atoms with E-state index in [1.165, 1.54) is 22.5 Å². The fourth-order valence-corrected chi connectivity index (χ4v) is 6.36. The second-order valence-corrected chi connectivity index (χ2v) is 10.4. The zero-order chi connectivity index (χ0) is 23.2. The number of fused-ring (bicyclic) bond motifs is 1. The summed E-state index contributed by atoms with van der Waals surface area (Å²) in [6, 6.07) is 10.9. The number of nitrogens with zero attached hydrogens (tertiary/aromatic N) is 4. The quantitative estimate of drug-likeness (QED) is 0.450. The van der Waals surface area contributed by atoms with E-state index < -0.39 is 16.4 Å². The maximum atomic E-state index is 13.2. The molecule has 2 aromatic heterocycles. The maximum absolute atomic E-state index is 13.2. The third-order valence-corrected chi connectivity index (χ3v) is 8.20. The molecule has 1 aliphatic rings. The summed E-state index contributed by atoms with van der Waals surface area (Å²) in [6.45, 7) is 2.74. The van der Waals surface area contributed by atoms with Gasteiger partial charge in [0, 0.05) is 41.8 Å². The predicted octanol–water partition coefficient (Wildman–Crippen LogP) is 4.46. The first kappa shape index (κ1) is 21.7. The van der Waals surface area contributed by atoms with Gasteiger partial charge in [0.05, 0.1) is 22.8 Å². The van der Waals surface area contributed by atoms with Crippen LogP contribution in [-0.4, -0.2) is 45.3 Å². The Labute approximate surface area is 190 Å². The Morgan fingerprint density at radius 2 is 2.00 bits per heavy atom. The number of aromatic amines is 1. The van der Waals surface area contributed by atoms with Crippen LogP contribution in [0.5, 0.6) is 0 Å². The molecule has 7 nitrogen and oxygen atoms in total. The van der Waals surface area contributed by atoms with Crippen molar-refractivity contribution in [3.8, 4) is 11.1 Å². The molecule has 1 saturated heterocycles. The van der Waals surface area contributed by atoms with Gasteiger partial charge in [-0.3, -0.25) is 9.78 Å². The van der Waals surface area contributed by atoms with Crippen LogP contribution in [0.25, 0.3) is 22.0 Å². The molecule has 33 heavy (non-hydrogen) atoms. The molecule has 2 aromatic carbocycles. The molecule has 0 radical (unpaired) electrons. The van der Waals surface area contributed by atoms with Gasteiger partial charge in [-0.1, -0.05) is 18.2 Å². The van der Waals surface area contributed by atoms with Gasteiger partial charge in [-0.2, -0.15) is 14.5 Å². The van der Waals surface area contributed by atoms with Crippen LogP contribution in [0.4, 0.5) is 8.78 Å². The van der Waals surface area contributed by atoms with Gasteiger partial charge >= 0.3 is 0 Å². The lowest BCUT2D eigenvalue weighted by molar-refractivity contribution is 0.151. The van der Waals surface area contributed by atoms with E-state index in [0.717, 1.165) is 28.1 Å². The van der Waals surface area contributed by atoms with Crippen LogP contribution in [0, 0.1) is 5.92 Å². The van der Waals surface area contributed by atoms with Gasteiger partial charge in [0.1, 0.15) is 0 Å². The molecule has 3 heterocycles. The lowest BCUT2D eigenvalue weighted by Gasteiger charge is -2.21. The number of hydrogen-bond acceptors (Lipinski definition) is 4. The van der Waals surface area contributed by atoms with E-state index in [-0.39, 0.29) is 22.4 Å². The number of hydrogen-bond donors (Lipinski definition) is 1. The van der Waals surface area contributed by atoms with Gasteiger partial charge in [0.25, 0.3) is 6.43 Å². The van der Waals surface area contributed by atoms with Crippen LogP contribution in [0.15, 0.2) is 66.0 Å². The first-order valence-corrected chi connectivity index (χ1v) is 12.1. The van der Waals surface area contributed by atoms with E-state index >= 15 is 0 Å². The standard InChI is InChI=1S/C23H23F2N5O2S/c1-15-7-16(14-30(15)33(31,32)21-4-2-3-18(9-21)23(24)25)13-29-22-6-5-17(8-19(22)12-28-29)20-10-26-27-11-20/h2-6,8-12,15-16,23H,7,13-14H2,1H3,(H,26,27)/t15-,16?/m1/s1. The van der Waals surface area contributed by atoms with Crippen LogP contribution in [0.1, 0.15) is 25.3 Å². The van der Waals surface area contributed by atoms with Gasteiger partial charge in [-0.25, -0.2) is 17.2 Å². The Balaban J connectivity index is 1.35. The van der Waals surface area contributed by atoms with Crippen LogP contribution < -0.4 is 0 Å². The normalized spacial score (nSPS) is 19.6. The number of rotatable bonds is 6. The van der Waals surface area contributed by atoms with Crippen molar-refractivity contribution in [1.82, 2.24) is 24.3 Å². The fraction of sp³-hybridized carbons (Fsp3) is 0.304. The van der Waals surface area contributed by atoms with E-state index in [0.29, 0.717) is 19.5 Å². The van der Waals surface area contributed by atoms with Crippen LogP contribution in [0.3, 0.4) is 0 Å². The second-order valence-electron chi connectivity index (χ2n) is 8.49. The summed E-state index contributed by atoms with van der Waals surface area (Å²) in [4.78, 5) is -0.0934. The van der Waals surface area contributed by atoms with Gasteiger partial charge in [-0.15, -0.1) is 0 Å². The predicted molar refractivity (Wildman–Crippen MR) is 120 cm³/mol. The summed E-state index contributed by atoms with van der Waals surface area (Å²) in [7, 11) is -3.87. The number of nitrogens with one attached hydrogen (secondary N) is 1. The molecule has 1 N–H and O–H groups in total. The first-order chi connectivity index (χ1) is 15.8. The summed E-state index contributed by atoms with van der Waals surface area (Å²) in [5.74, 6) is 0.0599. The number of alkyl halides is 2. The van der Waals surface area contributed by atoms with Crippen molar-refractivity contribution in [3.05, 3.63) is 66.6 Å². The minimum absolute atomic E-state index is 0.0599. The molecule has 0 amide bonds. The van der Waals surface area contributed by atoms with E-state index in [4.69, 9.17) is 0 Å². The minimum atomic E-state index is -3.87. The largest absolute Gasteiger partial charge is 0.285 e. The van der Waals surface area contributed by atoms with Gasteiger partial charge in [-0.05, 0) is 49.1 Å². The molecule has 4 aromatic rings. The second kappa shape index (κ2) is 8.35. The SMILES string of the molecule is C[C@@H]1CC(Cn2ncc3cc(-c4cn[nH]c4)ccc32)CN1S(=O)(=O)c1cccc(C(F)F)c1. The molecular formula is C23H23F2N5O2S. The van der Waals surface area contributed by atoms with Crippen molar-refractivity contribution in [2.45, 2.75) is 37.3 Å². The highest BCUT2D eigenvalue weighted by molar-refractivity contribution is 7.89. The van der Waals surface area contributed by atoms with Crippen molar-refractivity contribution in [2.24, 2.45) is 5.92 Å². The van der Waals surface area contributed by atoms with Crippen molar-refractivity contribution in [1.29, 1.82) is 0 Å². The fourth-order valence-electron chi connectivity index (χ4n) is 4.59. The highest BCUT2D eigenvalue weighted by atomic mass is 32.2. The number of aromatic nitrogens is 4. The molecule has 172 valence electrons. The van der Waals surface area contributed by atoms with E-state index in [1.54, 1.807) is 6.20 Å². The van der Waals surface area contributed by atoms with Crippen LogP contribution >= 0.6 is 0 Å². The monoisotopic (exact) mass is 471 g/mol. The summed E-state index contributed by atoms with van der Waals surface area (Å²) in [6.07, 6.45) is 3.35. The summed E-state index contributed by atoms with van der Waals surface area (Å²) < 4.78 is 55.8. The summed E-state index contributed by atoms with van der Waals surface area (Å²) in [5.41, 5.74) is 2.71. The average molecular weight is 472 g/mol. The van der Waals surface area contributed by atoms with E-state index in [2.05, 4.69) is 15.3 Å². The Bertz CT molecular complexity index is 1390. The molecule has 0 spiro atoms. The summed E-state index contributed by atoms with van der Waals surface area (Å²) >= 11 is 0. The zero-order valence-electron chi connectivity index (χ0n) is 17.9. The molecule has 0 aliphatic carbocycles. The van der Waals surface area contributed by atoms with Gasteiger partial charge < -0.3 is 0 Å². The molecular weight excluding hydrogens is 448 g/mol. The number of benzene rings is 2. The Morgan fingerprint density at radius 3 is 2.76 bits per heavy atom. The molecule has 10 heteroatoms. The first-order valence-electron chi connectivity index (χ1n) is 10.7. The van der Waals surface area contributed by atoms with Crippen molar-refractivity contribution in [3.63, 3.8) is 0 Å². The van der Waals surface area contributed by atoms with Crippen molar-refractivity contribution >= 4 is 20.9 Å². The Morgan fingerprint density at radius 1 is 1.15 bits per heavy atom. The summed E-state index contributed by atoms with van der Waals surface area (Å²) in [5, 5.41) is 12.3.